The predicted molar refractivity (Wildman–Crippen MR) is 108 cm³/mol. The monoisotopic (exact) mass is 382 g/mol. The summed E-state index contributed by atoms with van der Waals surface area (Å²) in [4.78, 5) is 25.3. The van der Waals surface area contributed by atoms with Crippen LogP contribution < -0.4 is 5.32 Å². The fourth-order valence-corrected chi connectivity index (χ4v) is 4.76. The third-order valence-electron chi connectivity index (χ3n) is 6.27. The molecule has 0 fully saturated rings. The maximum Gasteiger partial charge on any atom is 0.224 e. The lowest BCUT2D eigenvalue weighted by Crippen LogP contribution is -2.26. The summed E-state index contributed by atoms with van der Waals surface area (Å²) in [7, 11) is 0. The highest BCUT2D eigenvalue weighted by atomic mass is 16.1. The highest BCUT2D eigenvalue weighted by Crippen LogP contribution is 2.31. The van der Waals surface area contributed by atoms with Gasteiger partial charge in [-0.3, -0.25) is 14.7 Å². The van der Waals surface area contributed by atoms with Gasteiger partial charge in [0.25, 0.3) is 0 Å². The molecule has 0 unspecified atom stereocenters. The summed E-state index contributed by atoms with van der Waals surface area (Å²) in [6, 6.07) is 0. The van der Waals surface area contributed by atoms with Gasteiger partial charge in [0.1, 0.15) is 0 Å². The number of rotatable bonds is 7. The molecule has 28 heavy (non-hydrogen) atoms. The second kappa shape index (κ2) is 7.94. The number of aromatic nitrogens is 3. The molecule has 0 saturated carbocycles. The molecule has 2 heterocycles. The van der Waals surface area contributed by atoms with Crippen molar-refractivity contribution in [1.29, 1.82) is 0 Å². The van der Waals surface area contributed by atoms with E-state index in [0.717, 1.165) is 79.7 Å². The molecule has 2 aliphatic carbocycles. The fourth-order valence-electron chi connectivity index (χ4n) is 4.76. The molecule has 1 amide bonds. The predicted octanol–water partition coefficient (Wildman–Crippen LogP) is 3.19. The number of aromatic amines is 1. The molecule has 0 bridgehead atoms. The Bertz CT molecular complexity index is 906. The number of aryl methyl sites for hydroxylation is 1. The van der Waals surface area contributed by atoms with E-state index in [9.17, 15) is 9.59 Å². The van der Waals surface area contributed by atoms with Gasteiger partial charge in [-0.2, -0.15) is 5.10 Å². The lowest BCUT2D eigenvalue weighted by molar-refractivity contribution is -0.120. The minimum atomic E-state index is -0.0355. The van der Waals surface area contributed by atoms with Gasteiger partial charge >= 0.3 is 0 Å². The normalized spacial score (nSPS) is 15.6. The van der Waals surface area contributed by atoms with Crippen LogP contribution in [0.1, 0.15) is 83.3 Å². The smallest absolute Gasteiger partial charge is 0.224 e. The molecule has 0 saturated heterocycles. The Kier molecular flexibility index (Phi) is 5.38. The zero-order valence-electron chi connectivity index (χ0n) is 17.0. The van der Waals surface area contributed by atoms with Crippen molar-refractivity contribution in [1.82, 2.24) is 20.1 Å². The van der Waals surface area contributed by atoms with Gasteiger partial charge in [0.05, 0.1) is 18.7 Å². The molecule has 0 atom stereocenters. The quantitative estimate of drug-likeness (QED) is 0.772. The summed E-state index contributed by atoms with van der Waals surface area (Å²) in [6.45, 7) is 5.62. The zero-order chi connectivity index (χ0) is 19.7. The summed E-state index contributed by atoms with van der Waals surface area (Å²) in [6.07, 6.45) is 8.17. The Hall–Kier alpha value is -2.37. The number of unbranched alkanes of at least 4 members (excludes halogenated alkanes) is 1. The first-order chi connectivity index (χ1) is 13.6. The van der Waals surface area contributed by atoms with Crippen LogP contribution in [0.4, 0.5) is 0 Å². The number of carbonyl (C=O) groups is 2. The summed E-state index contributed by atoms with van der Waals surface area (Å²) >= 11 is 0. The maximum atomic E-state index is 12.7. The van der Waals surface area contributed by atoms with E-state index in [-0.39, 0.29) is 18.1 Å². The van der Waals surface area contributed by atoms with E-state index in [2.05, 4.69) is 33.9 Å². The zero-order valence-corrected chi connectivity index (χ0v) is 17.0. The molecular weight excluding hydrogens is 352 g/mol. The number of Topliss-reactive ketones (excluding diaryl/α,β-unsaturated/α-hetero) is 1. The van der Waals surface area contributed by atoms with Crippen LogP contribution in [0.5, 0.6) is 0 Å². The van der Waals surface area contributed by atoms with Crippen molar-refractivity contribution in [2.45, 2.75) is 84.7 Å². The molecule has 6 heteroatoms. The van der Waals surface area contributed by atoms with Gasteiger partial charge in [0.2, 0.25) is 5.91 Å². The van der Waals surface area contributed by atoms with Crippen LogP contribution in [0.3, 0.4) is 0 Å². The van der Waals surface area contributed by atoms with E-state index in [0.29, 0.717) is 13.0 Å². The summed E-state index contributed by atoms with van der Waals surface area (Å²) in [5, 5.41) is 10.5. The molecule has 2 aromatic heterocycles. The van der Waals surface area contributed by atoms with E-state index in [1.807, 2.05) is 0 Å². The molecule has 0 spiro atoms. The van der Waals surface area contributed by atoms with Crippen molar-refractivity contribution in [3.63, 3.8) is 0 Å². The number of hydrogen-bond donors (Lipinski definition) is 2. The van der Waals surface area contributed by atoms with Gasteiger partial charge in [-0.1, -0.05) is 13.3 Å². The number of hydrogen-bond acceptors (Lipinski definition) is 3. The first kappa shape index (κ1) is 19.0. The standard InChI is InChI=1S/C22H30N4O2/c1-3-4-11-26-14(2)16(22-19(26)9-6-10-20(22)27)12-21(28)23-13-18-15-7-5-8-17(15)24-25-18/h3-13H2,1-2H3,(H,23,28)(H,24,25). The first-order valence-corrected chi connectivity index (χ1v) is 10.7. The first-order valence-electron chi connectivity index (χ1n) is 10.7. The van der Waals surface area contributed by atoms with Gasteiger partial charge in [-0.05, 0) is 56.6 Å². The van der Waals surface area contributed by atoms with Crippen LogP contribution in [-0.2, 0) is 43.6 Å². The number of amides is 1. The maximum absolute atomic E-state index is 12.7. The summed E-state index contributed by atoms with van der Waals surface area (Å²) in [5.41, 5.74) is 7.44. The van der Waals surface area contributed by atoms with Crippen LogP contribution in [0.25, 0.3) is 0 Å². The number of nitrogens with zero attached hydrogens (tertiary/aromatic N) is 2. The number of carbonyl (C=O) groups excluding carboxylic acids is 2. The second-order valence-electron chi connectivity index (χ2n) is 8.10. The van der Waals surface area contributed by atoms with E-state index < -0.39 is 0 Å². The molecule has 2 N–H and O–H groups in total. The van der Waals surface area contributed by atoms with Crippen LogP contribution >= 0.6 is 0 Å². The van der Waals surface area contributed by atoms with Crippen molar-refractivity contribution in [3.05, 3.63) is 39.5 Å². The Balaban J connectivity index is 1.51. The largest absolute Gasteiger partial charge is 0.350 e. The molecule has 2 aromatic rings. The fraction of sp³-hybridized carbons (Fsp3) is 0.591. The molecule has 6 nitrogen and oxygen atoms in total. The van der Waals surface area contributed by atoms with Crippen LogP contribution in [-0.4, -0.2) is 26.5 Å². The average molecular weight is 383 g/mol. The minimum absolute atomic E-state index is 0.0355. The van der Waals surface area contributed by atoms with E-state index in [4.69, 9.17) is 0 Å². The minimum Gasteiger partial charge on any atom is -0.350 e. The van der Waals surface area contributed by atoms with Crippen LogP contribution in [0.15, 0.2) is 0 Å². The van der Waals surface area contributed by atoms with Gasteiger partial charge in [-0.25, -0.2) is 0 Å². The van der Waals surface area contributed by atoms with Crippen molar-refractivity contribution in [3.8, 4) is 0 Å². The Morgan fingerprint density at radius 2 is 2.04 bits per heavy atom. The van der Waals surface area contributed by atoms with Crippen molar-refractivity contribution >= 4 is 11.7 Å². The third kappa shape index (κ3) is 3.40. The topological polar surface area (TPSA) is 79.8 Å². The number of ketones is 1. The molecule has 4 rings (SSSR count). The van der Waals surface area contributed by atoms with Gasteiger partial charge < -0.3 is 9.88 Å². The lowest BCUT2D eigenvalue weighted by Gasteiger charge is -2.15. The van der Waals surface area contributed by atoms with Gasteiger partial charge in [-0.15, -0.1) is 0 Å². The SMILES string of the molecule is CCCCn1c(C)c(CC(=O)NCc2n[nH]c3c2CCC3)c2c1CCCC2=O. The summed E-state index contributed by atoms with van der Waals surface area (Å²) in [5.74, 6) is 0.166. The Morgan fingerprint density at radius 1 is 1.21 bits per heavy atom. The lowest BCUT2D eigenvalue weighted by atomic mass is 9.92. The number of fused-ring (bicyclic) bond motifs is 2. The van der Waals surface area contributed by atoms with Crippen molar-refractivity contribution in [2.75, 3.05) is 0 Å². The van der Waals surface area contributed by atoms with Crippen LogP contribution in [0, 0.1) is 6.92 Å². The molecule has 0 radical (unpaired) electrons. The Morgan fingerprint density at radius 3 is 2.86 bits per heavy atom. The number of H-pyrrole nitrogens is 1. The third-order valence-corrected chi connectivity index (χ3v) is 6.27. The van der Waals surface area contributed by atoms with Crippen molar-refractivity contribution in [2.24, 2.45) is 0 Å². The van der Waals surface area contributed by atoms with Crippen molar-refractivity contribution < 1.29 is 9.59 Å². The second-order valence-corrected chi connectivity index (χ2v) is 8.10. The highest BCUT2D eigenvalue weighted by molar-refractivity contribution is 6.01. The number of nitrogens with one attached hydrogen (secondary N) is 2. The Labute approximate surface area is 166 Å². The van der Waals surface area contributed by atoms with E-state index in [1.54, 1.807) is 0 Å². The molecular formula is C22H30N4O2. The summed E-state index contributed by atoms with van der Waals surface area (Å²) < 4.78 is 2.29. The molecule has 2 aliphatic rings. The van der Waals surface area contributed by atoms with E-state index >= 15 is 0 Å². The molecule has 0 aromatic carbocycles. The highest BCUT2D eigenvalue weighted by Gasteiger charge is 2.29. The molecule has 0 aliphatic heterocycles. The molecule has 150 valence electrons. The van der Waals surface area contributed by atoms with E-state index in [1.165, 1.54) is 11.3 Å². The van der Waals surface area contributed by atoms with Gasteiger partial charge in [0.15, 0.2) is 5.78 Å². The van der Waals surface area contributed by atoms with Crippen LogP contribution in [0.2, 0.25) is 0 Å². The van der Waals surface area contributed by atoms with Gasteiger partial charge in [0, 0.05) is 35.6 Å². The average Bonchev–Trinajstić information content (AvgIpc) is 3.35.